The molecule has 1 amide bonds. The van der Waals surface area contributed by atoms with E-state index in [-0.39, 0.29) is 22.9 Å². The van der Waals surface area contributed by atoms with Crippen molar-refractivity contribution in [2.45, 2.75) is 18.0 Å². The van der Waals surface area contributed by atoms with Crippen LogP contribution in [0.5, 0.6) is 0 Å². The first-order valence-corrected chi connectivity index (χ1v) is 9.10. The van der Waals surface area contributed by atoms with Crippen LogP contribution in [-0.2, 0) is 21.0 Å². The molecular formula is C18H15F3N2O3S. The van der Waals surface area contributed by atoms with E-state index in [1.54, 1.807) is 0 Å². The van der Waals surface area contributed by atoms with Crippen molar-refractivity contribution in [2.75, 3.05) is 11.9 Å². The molecular weight excluding hydrogens is 381 g/mol. The molecule has 0 bridgehead atoms. The fourth-order valence-electron chi connectivity index (χ4n) is 2.11. The van der Waals surface area contributed by atoms with Crippen LogP contribution in [0.4, 0.5) is 18.9 Å². The second kappa shape index (κ2) is 8.24. The minimum absolute atomic E-state index is 0.0610. The van der Waals surface area contributed by atoms with E-state index in [0.717, 1.165) is 6.07 Å². The lowest BCUT2D eigenvalue weighted by molar-refractivity contribution is -0.137. The van der Waals surface area contributed by atoms with Crippen molar-refractivity contribution in [2.24, 2.45) is 0 Å². The average Bonchev–Trinajstić information content (AvgIpc) is 2.58. The van der Waals surface area contributed by atoms with Gasteiger partial charge in [-0.1, -0.05) is 24.0 Å². The summed E-state index contributed by atoms with van der Waals surface area (Å²) in [5, 5.41) is 2.50. The van der Waals surface area contributed by atoms with E-state index in [0.29, 0.717) is 5.69 Å². The molecule has 0 atom stereocenters. The number of rotatable bonds is 4. The number of carbonyl (C=O) groups excluding carboxylic acids is 1. The Morgan fingerprint density at radius 3 is 2.30 bits per heavy atom. The topological polar surface area (TPSA) is 75.3 Å². The van der Waals surface area contributed by atoms with E-state index in [4.69, 9.17) is 0 Å². The Labute approximate surface area is 154 Å². The van der Waals surface area contributed by atoms with Crippen LogP contribution in [-0.4, -0.2) is 20.9 Å². The molecule has 2 aromatic carbocycles. The first kappa shape index (κ1) is 20.5. The van der Waals surface area contributed by atoms with Gasteiger partial charge >= 0.3 is 6.18 Å². The molecule has 0 aliphatic heterocycles. The number of benzene rings is 2. The van der Waals surface area contributed by atoms with Crippen molar-refractivity contribution in [1.82, 2.24) is 4.72 Å². The van der Waals surface area contributed by atoms with E-state index < -0.39 is 21.8 Å². The number of carbonyl (C=O) groups is 1. The van der Waals surface area contributed by atoms with Crippen LogP contribution < -0.4 is 10.0 Å². The number of alkyl halides is 3. The summed E-state index contributed by atoms with van der Waals surface area (Å²) in [5.41, 5.74) is -0.678. The number of anilines is 1. The van der Waals surface area contributed by atoms with Crippen molar-refractivity contribution in [3.63, 3.8) is 0 Å². The number of hydrogen-bond donors (Lipinski definition) is 2. The van der Waals surface area contributed by atoms with Crippen LogP contribution in [0.15, 0.2) is 53.4 Å². The third-order valence-electron chi connectivity index (χ3n) is 3.29. The van der Waals surface area contributed by atoms with Gasteiger partial charge in [-0.3, -0.25) is 4.79 Å². The zero-order valence-corrected chi connectivity index (χ0v) is 14.9. The highest BCUT2D eigenvalue weighted by molar-refractivity contribution is 7.89. The first-order chi connectivity index (χ1) is 12.6. The quantitative estimate of drug-likeness (QED) is 0.781. The minimum Gasteiger partial charge on any atom is -0.326 e. The second-order valence-electron chi connectivity index (χ2n) is 5.38. The summed E-state index contributed by atoms with van der Waals surface area (Å²) < 4.78 is 65.1. The van der Waals surface area contributed by atoms with E-state index in [9.17, 15) is 26.4 Å². The van der Waals surface area contributed by atoms with Gasteiger partial charge in [-0.2, -0.15) is 17.9 Å². The van der Waals surface area contributed by atoms with Gasteiger partial charge in [0, 0.05) is 18.2 Å². The molecule has 0 aliphatic rings. The Hall–Kier alpha value is -2.83. The Bertz CT molecular complexity index is 989. The minimum atomic E-state index is -4.54. The number of hydrogen-bond acceptors (Lipinski definition) is 3. The first-order valence-electron chi connectivity index (χ1n) is 7.62. The van der Waals surface area contributed by atoms with Crippen molar-refractivity contribution in [3.05, 3.63) is 59.7 Å². The smallest absolute Gasteiger partial charge is 0.326 e. The predicted octanol–water partition coefficient (Wildman–Crippen LogP) is 2.99. The summed E-state index contributed by atoms with van der Waals surface area (Å²) in [7, 11) is -3.89. The molecule has 0 saturated carbocycles. The largest absolute Gasteiger partial charge is 0.417 e. The summed E-state index contributed by atoms with van der Waals surface area (Å²) >= 11 is 0. The molecule has 9 heteroatoms. The average molecular weight is 396 g/mol. The van der Waals surface area contributed by atoms with Gasteiger partial charge in [-0.05, 0) is 36.4 Å². The van der Waals surface area contributed by atoms with Crippen LogP contribution in [0.3, 0.4) is 0 Å². The number of nitrogens with one attached hydrogen (secondary N) is 2. The summed E-state index contributed by atoms with van der Waals surface area (Å²) in [6.07, 6.45) is -4.54. The maximum Gasteiger partial charge on any atom is 0.417 e. The molecule has 2 rings (SSSR count). The van der Waals surface area contributed by atoms with Gasteiger partial charge < -0.3 is 5.32 Å². The zero-order chi connectivity index (χ0) is 20.1. The molecule has 0 heterocycles. The maximum atomic E-state index is 12.9. The Kier molecular flexibility index (Phi) is 6.25. The Morgan fingerprint density at radius 2 is 1.70 bits per heavy atom. The fourth-order valence-corrected chi connectivity index (χ4v) is 3.04. The predicted molar refractivity (Wildman–Crippen MR) is 94.3 cm³/mol. The lowest BCUT2D eigenvalue weighted by Crippen LogP contribution is -2.24. The molecule has 0 spiro atoms. The summed E-state index contributed by atoms with van der Waals surface area (Å²) in [5.74, 6) is 4.42. The molecule has 0 unspecified atom stereocenters. The SMILES string of the molecule is CC(=O)Nc1ccc(S(=O)(=O)NCC#Cc2ccccc2C(F)(F)F)cc1. The number of halogens is 3. The molecule has 0 saturated heterocycles. The van der Waals surface area contributed by atoms with Crippen molar-refractivity contribution < 1.29 is 26.4 Å². The highest BCUT2D eigenvalue weighted by Gasteiger charge is 2.32. The van der Waals surface area contributed by atoms with Crippen LogP contribution in [0.2, 0.25) is 0 Å². The van der Waals surface area contributed by atoms with Crippen molar-refractivity contribution in [1.29, 1.82) is 0 Å². The highest BCUT2D eigenvalue weighted by atomic mass is 32.2. The van der Waals surface area contributed by atoms with Gasteiger partial charge in [0.2, 0.25) is 15.9 Å². The molecule has 0 fully saturated rings. The molecule has 0 aliphatic carbocycles. The van der Waals surface area contributed by atoms with Gasteiger partial charge in [-0.25, -0.2) is 8.42 Å². The Balaban J connectivity index is 2.08. The number of sulfonamides is 1. The van der Waals surface area contributed by atoms with Gasteiger partial charge in [0.1, 0.15) is 0 Å². The van der Waals surface area contributed by atoms with Gasteiger partial charge in [0.15, 0.2) is 0 Å². The lowest BCUT2D eigenvalue weighted by Gasteiger charge is -2.08. The van der Waals surface area contributed by atoms with E-state index in [1.165, 1.54) is 49.4 Å². The summed E-state index contributed by atoms with van der Waals surface area (Å²) in [4.78, 5) is 10.9. The van der Waals surface area contributed by atoms with E-state index in [1.807, 2.05) is 0 Å². The number of amides is 1. The Morgan fingerprint density at radius 1 is 1.07 bits per heavy atom. The maximum absolute atomic E-state index is 12.9. The molecule has 5 nitrogen and oxygen atoms in total. The van der Waals surface area contributed by atoms with Crippen molar-refractivity contribution >= 4 is 21.6 Å². The second-order valence-corrected chi connectivity index (χ2v) is 7.14. The van der Waals surface area contributed by atoms with Crippen LogP contribution in [0.1, 0.15) is 18.1 Å². The summed E-state index contributed by atoms with van der Waals surface area (Å²) in [6.45, 7) is 0.962. The van der Waals surface area contributed by atoms with E-state index in [2.05, 4.69) is 21.9 Å². The molecule has 0 aromatic heterocycles. The van der Waals surface area contributed by atoms with Gasteiger partial charge in [0.05, 0.1) is 17.0 Å². The lowest BCUT2D eigenvalue weighted by atomic mass is 10.1. The standard InChI is InChI=1S/C18H15F3N2O3S/c1-13(24)23-15-8-10-16(11-9-15)27(25,26)22-12-4-6-14-5-2-3-7-17(14)18(19,20)21/h2-3,5,7-11,22H,12H2,1H3,(H,23,24). The van der Waals surface area contributed by atoms with Crippen LogP contribution in [0.25, 0.3) is 0 Å². The molecule has 2 aromatic rings. The third kappa shape index (κ3) is 5.84. The zero-order valence-electron chi connectivity index (χ0n) is 14.1. The highest BCUT2D eigenvalue weighted by Crippen LogP contribution is 2.31. The van der Waals surface area contributed by atoms with Crippen LogP contribution in [0, 0.1) is 11.8 Å². The molecule has 27 heavy (non-hydrogen) atoms. The molecule has 2 N–H and O–H groups in total. The van der Waals surface area contributed by atoms with Crippen molar-refractivity contribution in [3.8, 4) is 11.8 Å². The van der Waals surface area contributed by atoms with Gasteiger partial charge in [-0.15, -0.1) is 0 Å². The monoisotopic (exact) mass is 396 g/mol. The third-order valence-corrected chi connectivity index (χ3v) is 4.71. The molecule has 142 valence electrons. The van der Waals surface area contributed by atoms with Gasteiger partial charge in [0.25, 0.3) is 0 Å². The normalized spacial score (nSPS) is 11.4. The van der Waals surface area contributed by atoms with E-state index >= 15 is 0 Å². The summed E-state index contributed by atoms with van der Waals surface area (Å²) in [6, 6.07) is 10.2. The van der Waals surface area contributed by atoms with Crippen LogP contribution >= 0.6 is 0 Å². The fraction of sp³-hybridized carbons (Fsp3) is 0.167. The molecule has 0 radical (unpaired) electrons.